The van der Waals surface area contributed by atoms with E-state index >= 15 is 0 Å². The number of alkyl halides is 1. The minimum absolute atomic E-state index is 0.107. The van der Waals surface area contributed by atoms with Crippen LogP contribution >= 0.6 is 15.9 Å². The number of ether oxygens (including phenoxy) is 1. The molecule has 1 fully saturated rings. The number of amides is 1. The van der Waals surface area contributed by atoms with Gasteiger partial charge in [0.15, 0.2) is 0 Å². The smallest absolute Gasteiger partial charge is 0.299 e. The van der Waals surface area contributed by atoms with E-state index in [1.807, 2.05) is 0 Å². The van der Waals surface area contributed by atoms with E-state index in [0.29, 0.717) is 25.4 Å². The van der Waals surface area contributed by atoms with Gasteiger partial charge >= 0.3 is 0 Å². The molecule has 21 heavy (non-hydrogen) atoms. The molecule has 6 heteroatoms. The molecule has 2 heterocycles. The van der Waals surface area contributed by atoms with Crippen molar-refractivity contribution in [2.75, 3.05) is 30.0 Å². The van der Waals surface area contributed by atoms with Gasteiger partial charge in [-0.1, -0.05) is 15.9 Å². The zero-order valence-electron chi connectivity index (χ0n) is 11.4. The van der Waals surface area contributed by atoms with Crippen molar-refractivity contribution in [2.24, 2.45) is 5.41 Å². The molecule has 0 aliphatic carbocycles. The first-order valence-corrected chi connectivity index (χ1v) is 7.98. The van der Waals surface area contributed by atoms with Crippen molar-refractivity contribution in [3.63, 3.8) is 0 Å². The monoisotopic (exact) mass is 355 g/mol. The highest BCUT2D eigenvalue weighted by Crippen LogP contribution is 2.38. The Morgan fingerprint density at radius 2 is 2.00 bits per heavy atom. The normalized spacial score (nSPS) is 20.8. The van der Waals surface area contributed by atoms with E-state index < -0.39 is 17.5 Å². The van der Waals surface area contributed by atoms with Crippen molar-refractivity contribution in [2.45, 2.75) is 12.8 Å². The fourth-order valence-electron chi connectivity index (χ4n) is 2.90. The number of fused-ring (bicyclic) bond motifs is 1. The summed E-state index contributed by atoms with van der Waals surface area (Å²) >= 11 is 3.52. The first kappa shape index (κ1) is 14.7. The summed E-state index contributed by atoms with van der Waals surface area (Å²) < 4.78 is 18.7. The van der Waals surface area contributed by atoms with Crippen LogP contribution in [0.3, 0.4) is 0 Å². The second-order valence-electron chi connectivity index (χ2n) is 5.63. The lowest BCUT2D eigenvalue weighted by Crippen LogP contribution is -2.44. The molecule has 0 spiro atoms. The van der Waals surface area contributed by atoms with Crippen LogP contribution in [0.5, 0.6) is 0 Å². The lowest BCUT2D eigenvalue weighted by Gasteiger charge is -2.38. The molecule has 1 aromatic rings. The number of carbonyl (C=O) groups is 2. The van der Waals surface area contributed by atoms with Gasteiger partial charge in [-0.25, -0.2) is 4.39 Å². The molecule has 0 saturated carbocycles. The standard InChI is InChI=1S/C15H15BrFNO3/c16-8-15(3-5-21-6-4-15)9-18-12-2-1-10(17)7-11(12)13(19)14(18)20/h1-2,7H,3-6,8-9H2. The number of hydrogen-bond donors (Lipinski definition) is 0. The molecule has 0 aromatic heterocycles. The van der Waals surface area contributed by atoms with Crippen molar-refractivity contribution in [1.82, 2.24) is 0 Å². The first-order valence-electron chi connectivity index (χ1n) is 6.86. The van der Waals surface area contributed by atoms with E-state index in [2.05, 4.69) is 15.9 Å². The van der Waals surface area contributed by atoms with E-state index in [0.717, 1.165) is 24.2 Å². The Kier molecular flexibility index (Phi) is 3.84. The van der Waals surface area contributed by atoms with Gasteiger partial charge in [0, 0.05) is 30.5 Å². The number of nitrogens with zero attached hydrogens (tertiary/aromatic N) is 1. The third-order valence-corrected chi connectivity index (χ3v) is 5.45. The predicted octanol–water partition coefficient (Wildman–Crippen LogP) is 2.55. The van der Waals surface area contributed by atoms with Crippen molar-refractivity contribution in [1.29, 1.82) is 0 Å². The molecule has 0 radical (unpaired) electrons. The average molecular weight is 356 g/mol. The van der Waals surface area contributed by atoms with Crippen molar-refractivity contribution < 1.29 is 18.7 Å². The molecule has 1 saturated heterocycles. The van der Waals surface area contributed by atoms with Crippen LogP contribution in [0.15, 0.2) is 18.2 Å². The number of Topliss-reactive ketones (excluding diaryl/α,β-unsaturated/α-hetero) is 1. The molecule has 2 aliphatic rings. The van der Waals surface area contributed by atoms with Gasteiger partial charge in [-0.15, -0.1) is 0 Å². The summed E-state index contributed by atoms with van der Waals surface area (Å²) in [6, 6.07) is 3.93. The molecule has 0 N–H and O–H groups in total. The molecular weight excluding hydrogens is 341 g/mol. The Morgan fingerprint density at radius 3 is 2.67 bits per heavy atom. The highest BCUT2D eigenvalue weighted by atomic mass is 79.9. The number of rotatable bonds is 3. The van der Waals surface area contributed by atoms with Gasteiger partial charge in [0.25, 0.3) is 11.7 Å². The van der Waals surface area contributed by atoms with Gasteiger partial charge in [0.2, 0.25) is 0 Å². The van der Waals surface area contributed by atoms with Crippen LogP contribution in [0.4, 0.5) is 10.1 Å². The second kappa shape index (κ2) is 5.50. The number of carbonyl (C=O) groups excluding carboxylic acids is 2. The van der Waals surface area contributed by atoms with Crippen LogP contribution in [0.2, 0.25) is 0 Å². The summed E-state index contributed by atoms with van der Waals surface area (Å²) in [6.45, 7) is 1.75. The lowest BCUT2D eigenvalue weighted by atomic mass is 9.82. The van der Waals surface area contributed by atoms with Crippen LogP contribution in [0.1, 0.15) is 23.2 Å². The summed E-state index contributed by atoms with van der Waals surface area (Å²) in [6.07, 6.45) is 1.65. The third kappa shape index (κ3) is 2.51. The third-order valence-electron chi connectivity index (χ3n) is 4.26. The summed E-state index contributed by atoms with van der Waals surface area (Å²) in [4.78, 5) is 25.7. The highest BCUT2D eigenvalue weighted by molar-refractivity contribution is 9.09. The molecule has 0 bridgehead atoms. The van der Waals surface area contributed by atoms with E-state index in [1.54, 1.807) is 0 Å². The maximum absolute atomic E-state index is 13.3. The zero-order valence-corrected chi connectivity index (χ0v) is 13.0. The van der Waals surface area contributed by atoms with Crippen molar-refractivity contribution in [3.8, 4) is 0 Å². The van der Waals surface area contributed by atoms with E-state index in [-0.39, 0.29) is 11.0 Å². The fraction of sp³-hybridized carbons (Fsp3) is 0.467. The minimum atomic E-state index is -0.624. The molecule has 4 nitrogen and oxygen atoms in total. The van der Waals surface area contributed by atoms with Crippen LogP contribution < -0.4 is 4.90 Å². The number of anilines is 1. The Labute approximate surface area is 130 Å². The van der Waals surface area contributed by atoms with Crippen LogP contribution in [0, 0.1) is 11.2 Å². The lowest BCUT2D eigenvalue weighted by molar-refractivity contribution is -0.114. The van der Waals surface area contributed by atoms with Gasteiger partial charge in [0.05, 0.1) is 11.3 Å². The maximum atomic E-state index is 13.3. The average Bonchev–Trinajstić information content (AvgIpc) is 2.73. The molecule has 2 aliphatic heterocycles. The Hall–Kier alpha value is -1.27. The SMILES string of the molecule is O=C1C(=O)N(CC2(CBr)CCOCC2)c2ccc(F)cc21. The Morgan fingerprint density at radius 1 is 1.29 bits per heavy atom. The van der Waals surface area contributed by atoms with E-state index in [9.17, 15) is 14.0 Å². The minimum Gasteiger partial charge on any atom is -0.381 e. The van der Waals surface area contributed by atoms with E-state index in [1.165, 1.54) is 17.0 Å². The summed E-state index contributed by atoms with van der Waals surface area (Å²) in [7, 11) is 0. The quantitative estimate of drug-likeness (QED) is 0.618. The number of halogens is 2. The van der Waals surface area contributed by atoms with Crippen LogP contribution in [0.25, 0.3) is 0 Å². The second-order valence-corrected chi connectivity index (χ2v) is 6.19. The fourth-order valence-corrected chi connectivity index (χ4v) is 3.64. The topological polar surface area (TPSA) is 46.6 Å². The van der Waals surface area contributed by atoms with Gasteiger partial charge in [0.1, 0.15) is 5.82 Å². The van der Waals surface area contributed by atoms with Crippen molar-refractivity contribution >= 4 is 33.3 Å². The van der Waals surface area contributed by atoms with Crippen molar-refractivity contribution in [3.05, 3.63) is 29.6 Å². The summed E-state index contributed by atoms with van der Waals surface area (Å²) in [5.74, 6) is -1.69. The molecule has 0 unspecified atom stereocenters. The molecule has 3 rings (SSSR count). The van der Waals surface area contributed by atoms with Gasteiger partial charge in [-0.05, 0) is 31.0 Å². The molecular formula is C15H15BrFNO3. The largest absolute Gasteiger partial charge is 0.381 e. The number of hydrogen-bond acceptors (Lipinski definition) is 3. The summed E-state index contributed by atoms with van der Waals surface area (Å²) in [5.41, 5.74) is 0.569. The molecule has 112 valence electrons. The number of benzene rings is 1. The molecule has 1 amide bonds. The van der Waals surface area contributed by atoms with Gasteiger partial charge in [-0.2, -0.15) is 0 Å². The Balaban J connectivity index is 1.92. The zero-order chi connectivity index (χ0) is 15.0. The van der Waals surface area contributed by atoms with Crippen LogP contribution in [-0.4, -0.2) is 36.8 Å². The number of ketones is 1. The molecule has 0 atom stereocenters. The maximum Gasteiger partial charge on any atom is 0.299 e. The summed E-state index contributed by atoms with van der Waals surface area (Å²) in [5, 5.41) is 0.734. The first-order chi connectivity index (χ1) is 10.1. The highest BCUT2D eigenvalue weighted by Gasteiger charge is 2.42. The van der Waals surface area contributed by atoms with E-state index in [4.69, 9.17) is 4.74 Å². The van der Waals surface area contributed by atoms with Crippen LogP contribution in [-0.2, 0) is 9.53 Å². The predicted molar refractivity (Wildman–Crippen MR) is 79.4 cm³/mol. The van der Waals surface area contributed by atoms with Gasteiger partial charge < -0.3 is 9.64 Å². The Bertz CT molecular complexity index is 599. The van der Waals surface area contributed by atoms with Gasteiger partial charge in [-0.3, -0.25) is 9.59 Å². The molecule has 1 aromatic carbocycles.